The third-order valence-electron chi connectivity index (χ3n) is 1.77. The average Bonchev–Trinajstić information content (AvgIpc) is 2.03. The molecule has 0 aliphatic carbocycles. The lowest BCUT2D eigenvalue weighted by molar-refractivity contribution is 0.552. The van der Waals surface area contributed by atoms with E-state index in [0.717, 1.165) is 18.1 Å². The van der Waals surface area contributed by atoms with Gasteiger partial charge in [-0.1, -0.05) is 37.6 Å². The molecule has 0 bridgehead atoms. The normalized spacial score (nSPS) is 10.0. The maximum Gasteiger partial charge on any atom is 0.0409 e. The molecule has 80 valence electrons. The van der Waals surface area contributed by atoms with Crippen molar-refractivity contribution in [2.24, 2.45) is 5.92 Å². The van der Waals surface area contributed by atoms with Gasteiger partial charge in [-0.05, 0) is 30.2 Å². The fraction of sp³-hybridized carbons (Fsp3) is 0.455. The van der Waals surface area contributed by atoms with Gasteiger partial charge in [-0.25, -0.2) is 0 Å². The first-order valence-electron chi connectivity index (χ1n) is 4.63. The van der Waals surface area contributed by atoms with E-state index in [1.54, 1.807) is 0 Å². The third kappa shape index (κ3) is 5.48. The minimum Gasteiger partial charge on any atom is -0.312 e. The smallest absolute Gasteiger partial charge is 0.0409 e. The highest BCUT2D eigenvalue weighted by molar-refractivity contribution is 6.30. The first kappa shape index (κ1) is 13.8. The minimum absolute atomic E-state index is 0. The molecule has 0 aliphatic rings. The summed E-state index contributed by atoms with van der Waals surface area (Å²) in [6.07, 6.45) is 0. The molecule has 1 rings (SSSR count). The highest BCUT2D eigenvalue weighted by Gasteiger charge is 1.95. The largest absolute Gasteiger partial charge is 0.312 e. The molecule has 0 amide bonds. The van der Waals surface area contributed by atoms with Crippen LogP contribution in [0.25, 0.3) is 0 Å². The van der Waals surface area contributed by atoms with Crippen LogP contribution in [0.1, 0.15) is 19.4 Å². The van der Waals surface area contributed by atoms with Gasteiger partial charge in [-0.2, -0.15) is 0 Å². The Bertz CT molecular complexity index is 261. The van der Waals surface area contributed by atoms with Gasteiger partial charge in [0.25, 0.3) is 0 Å². The number of benzene rings is 1. The third-order valence-corrected chi connectivity index (χ3v) is 2.01. The molecule has 0 spiro atoms. The molecule has 0 atom stereocenters. The molecule has 0 radical (unpaired) electrons. The molecule has 3 heteroatoms. The maximum absolute atomic E-state index is 5.86. The van der Waals surface area contributed by atoms with Crippen molar-refractivity contribution in [3.63, 3.8) is 0 Å². The van der Waals surface area contributed by atoms with Crippen molar-refractivity contribution in [3.05, 3.63) is 34.9 Å². The van der Waals surface area contributed by atoms with Gasteiger partial charge >= 0.3 is 0 Å². The highest BCUT2D eigenvalue weighted by atomic mass is 35.5. The van der Waals surface area contributed by atoms with Crippen LogP contribution in [0.5, 0.6) is 0 Å². The summed E-state index contributed by atoms with van der Waals surface area (Å²) in [4.78, 5) is 0. The lowest BCUT2D eigenvalue weighted by Gasteiger charge is -2.07. The minimum atomic E-state index is 0. The van der Waals surface area contributed by atoms with Crippen molar-refractivity contribution in [2.45, 2.75) is 20.4 Å². The van der Waals surface area contributed by atoms with E-state index < -0.39 is 0 Å². The lowest BCUT2D eigenvalue weighted by Crippen LogP contribution is -2.18. The zero-order chi connectivity index (χ0) is 9.68. The Morgan fingerprint density at radius 3 is 2.64 bits per heavy atom. The molecule has 14 heavy (non-hydrogen) atoms. The van der Waals surface area contributed by atoms with Crippen LogP contribution >= 0.6 is 24.0 Å². The molecule has 0 aromatic heterocycles. The number of hydrogen-bond donors (Lipinski definition) is 1. The number of rotatable bonds is 4. The molecule has 1 aromatic rings. The fourth-order valence-electron chi connectivity index (χ4n) is 1.15. The van der Waals surface area contributed by atoms with Gasteiger partial charge in [0.05, 0.1) is 0 Å². The van der Waals surface area contributed by atoms with Crippen molar-refractivity contribution in [1.29, 1.82) is 0 Å². The molecule has 1 N–H and O–H groups in total. The van der Waals surface area contributed by atoms with Gasteiger partial charge in [0.2, 0.25) is 0 Å². The molecular weight excluding hydrogens is 217 g/mol. The Kier molecular flexibility index (Phi) is 6.98. The van der Waals surface area contributed by atoms with Crippen molar-refractivity contribution >= 4 is 24.0 Å². The van der Waals surface area contributed by atoms with Crippen LogP contribution in [-0.2, 0) is 6.54 Å². The molecule has 1 nitrogen and oxygen atoms in total. The second kappa shape index (κ2) is 7.10. The quantitative estimate of drug-likeness (QED) is 0.840. The molecule has 0 saturated heterocycles. The summed E-state index contributed by atoms with van der Waals surface area (Å²) in [7, 11) is 0. The van der Waals surface area contributed by atoms with E-state index in [0.29, 0.717) is 5.92 Å². The Morgan fingerprint density at radius 2 is 2.07 bits per heavy atom. The molecule has 0 fully saturated rings. The Hall–Kier alpha value is -0.240. The van der Waals surface area contributed by atoms with Crippen LogP contribution in [0.2, 0.25) is 5.02 Å². The van der Waals surface area contributed by atoms with Crippen molar-refractivity contribution < 1.29 is 0 Å². The average molecular weight is 234 g/mol. The van der Waals surface area contributed by atoms with Crippen LogP contribution in [0, 0.1) is 5.92 Å². The van der Waals surface area contributed by atoms with E-state index in [1.165, 1.54) is 5.56 Å². The monoisotopic (exact) mass is 233 g/mol. The van der Waals surface area contributed by atoms with Crippen LogP contribution in [0.4, 0.5) is 0 Å². The van der Waals surface area contributed by atoms with E-state index in [2.05, 4.69) is 25.2 Å². The molecule has 0 saturated carbocycles. The van der Waals surface area contributed by atoms with Crippen LogP contribution in [0.3, 0.4) is 0 Å². The summed E-state index contributed by atoms with van der Waals surface area (Å²) in [5, 5.41) is 4.18. The van der Waals surface area contributed by atoms with Crippen LogP contribution < -0.4 is 5.32 Å². The van der Waals surface area contributed by atoms with E-state index in [1.807, 2.05) is 18.2 Å². The number of nitrogens with one attached hydrogen (secondary N) is 1. The van der Waals surface area contributed by atoms with E-state index in [9.17, 15) is 0 Å². The van der Waals surface area contributed by atoms with Crippen LogP contribution in [0.15, 0.2) is 24.3 Å². The van der Waals surface area contributed by atoms with Gasteiger partial charge in [0.1, 0.15) is 0 Å². The standard InChI is InChI=1S/C11H16ClN.ClH/c1-9(2)7-13-8-10-4-3-5-11(12)6-10;/h3-6,9,13H,7-8H2,1-2H3;1H. The van der Waals surface area contributed by atoms with Crippen molar-refractivity contribution in [3.8, 4) is 0 Å². The fourth-order valence-corrected chi connectivity index (χ4v) is 1.36. The zero-order valence-corrected chi connectivity index (χ0v) is 10.2. The van der Waals surface area contributed by atoms with Crippen molar-refractivity contribution in [2.75, 3.05) is 6.54 Å². The molecule has 1 aromatic carbocycles. The van der Waals surface area contributed by atoms with E-state index in [-0.39, 0.29) is 12.4 Å². The topological polar surface area (TPSA) is 12.0 Å². The zero-order valence-electron chi connectivity index (χ0n) is 8.59. The summed E-state index contributed by atoms with van der Waals surface area (Å²) < 4.78 is 0. The summed E-state index contributed by atoms with van der Waals surface area (Å²) >= 11 is 5.86. The van der Waals surface area contributed by atoms with Crippen LogP contribution in [-0.4, -0.2) is 6.54 Å². The molecule has 0 heterocycles. The SMILES string of the molecule is CC(C)CNCc1cccc(Cl)c1.Cl. The maximum atomic E-state index is 5.86. The van der Waals surface area contributed by atoms with Gasteiger partial charge in [-0.3, -0.25) is 0 Å². The number of halogens is 2. The summed E-state index contributed by atoms with van der Waals surface area (Å²) in [6, 6.07) is 7.95. The second-order valence-corrected chi connectivity index (χ2v) is 4.09. The Labute approximate surface area is 97.3 Å². The van der Waals surface area contributed by atoms with Crippen molar-refractivity contribution in [1.82, 2.24) is 5.32 Å². The van der Waals surface area contributed by atoms with E-state index >= 15 is 0 Å². The Morgan fingerprint density at radius 1 is 1.36 bits per heavy atom. The predicted octanol–water partition coefficient (Wildman–Crippen LogP) is 3.51. The first-order valence-corrected chi connectivity index (χ1v) is 5.01. The van der Waals surface area contributed by atoms with E-state index in [4.69, 9.17) is 11.6 Å². The second-order valence-electron chi connectivity index (χ2n) is 3.65. The summed E-state index contributed by atoms with van der Waals surface area (Å²) in [5.41, 5.74) is 1.24. The molecule has 0 unspecified atom stereocenters. The van der Waals surface area contributed by atoms with Gasteiger partial charge < -0.3 is 5.32 Å². The summed E-state index contributed by atoms with van der Waals surface area (Å²) in [6.45, 7) is 6.35. The molecular formula is C11H17Cl2N. The van der Waals surface area contributed by atoms with Gasteiger partial charge in [0.15, 0.2) is 0 Å². The highest BCUT2D eigenvalue weighted by Crippen LogP contribution is 2.10. The number of hydrogen-bond acceptors (Lipinski definition) is 1. The first-order chi connectivity index (χ1) is 6.18. The molecule has 0 aliphatic heterocycles. The summed E-state index contributed by atoms with van der Waals surface area (Å²) in [5.74, 6) is 0.694. The lowest BCUT2D eigenvalue weighted by atomic mass is 10.2. The van der Waals surface area contributed by atoms with Gasteiger partial charge in [0, 0.05) is 11.6 Å². The van der Waals surface area contributed by atoms with Gasteiger partial charge in [-0.15, -0.1) is 12.4 Å². The predicted molar refractivity (Wildman–Crippen MR) is 65.2 cm³/mol. The Balaban J connectivity index is 0.00000169.